The third kappa shape index (κ3) is 2.77. The van der Waals surface area contributed by atoms with Crippen LogP contribution in [0.5, 0.6) is 0 Å². The lowest BCUT2D eigenvalue weighted by Gasteiger charge is -2.04. The fourth-order valence-corrected chi connectivity index (χ4v) is 2.39. The van der Waals surface area contributed by atoms with Crippen molar-refractivity contribution in [2.75, 3.05) is 0 Å². The van der Waals surface area contributed by atoms with E-state index >= 15 is 0 Å². The second-order valence-corrected chi connectivity index (χ2v) is 5.04. The van der Waals surface area contributed by atoms with E-state index in [0.29, 0.717) is 12.0 Å². The van der Waals surface area contributed by atoms with Gasteiger partial charge < -0.3 is 0 Å². The minimum absolute atomic E-state index is 0.641. The van der Waals surface area contributed by atoms with Gasteiger partial charge in [-0.25, -0.2) is 4.68 Å². The standard InChI is InChI=1S/C18H16N2O/c1-14-7-5-6-10-18(14)20-12-16(13-21)17(19-20)11-15-8-3-2-4-9-15/h2-10,12-13H,11H2,1H3. The van der Waals surface area contributed by atoms with E-state index in [0.717, 1.165) is 28.8 Å². The molecule has 0 atom stereocenters. The van der Waals surface area contributed by atoms with Crippen molar-refractivity contribution in [1.29, 1.82) is 0 Å². The molecule has 1 heterocycles. The number of aromatic nitrogens is 2. The lowest BCUT2D eigenvalue weighted by atomic mass is 10.1. The van der Waals surface area contributed by atoms with Crippen molar-refractivity contribution in [3.63, 3.8) is 0 Å². The molecule has 0 aliphatic rings. The maximum atomic E-state index is 11.3. The van der Waals surface area contributed by atoms with E-state index in [9.17, 15) is 4.79 Å². The highest BCUT2D eigenvalue weighted by molar-refractivity contribution is 5.76. The lowest BCUT2D eigenvalue weighted by molar-refractivity contribution is 0.112. The van der Waals surface area contributed by atoms with Crippen molar-refractivity contribution in [3.8, 4) is 5.69 Å². The molecule has 0 amide bonds. The van der Waals surface area contributed by atoms with Crippen molar-refractivity contribution in [2.45, 2.75) is 13.3 Å². The first kappa shape index (κ1) is 13.3. The third-order valence-electron chi connectivity index (χ3n) is 3.53. The van der Waals surface area contributed by atoms with Crippen LogP contribution < -0.4 is 0 Å². The van der Waals surface area contributed by atoms with Crippen LogP contribution in [0.25, 0.3) is 5.69 Å². The van der Waals surface area contributed by atoms with Crippen LogP contribution in [0.15, 0.2) is 60.8 Å². The van der Waals surface area contributed by atoms with Crippen LogP contribution in [0.1, 0.15) is 27.2 Å². The predicted molar refractivity (Wildman–Crippen MR) is 82.9 cm³/mol. The highest BCUT2D eigenvalue weighted by atomic mass is 16.1. The van der Waals surface area contributed by atoms with Gasteiger partial charge in [-0.3, -0.25) is 4.79 Å². The summed E-state index contributed by atoms with van der Waals surface area (Å²) in [6.45, 7) is 2.04. The topological polar surface area (TPSA) is 34.9 Å². The molecule has 0 unspecified atom stereocenters. The van der Waals surface area contributed by atoms with Gasteiger partial charge in [0.1, 0.15) is 0 Å². The minimum atomic E-state index is 0.641. The van der Waals surface area contributed by atoms with E-state index in [1.807, 2.05) is 61.5 Å². The first-order valence-corrected chi connectivity index (χ1v) is 6.91. The highest BCUT2D eigenvalue weighted by Crippen LogP contribution is 2.17. The molecule has 3 heteroatoms. The van der Waals surface area contributed by atoms with Crippen LogP contribution in [0.4, 0.5) is 0 Å². The maximum absolute atomic E-state index is 11.3. The second kappa shape index (κ2) is 5.75. The van der Waals surface area contributed by atoms with Crippen LogP contribution in [-0.4, -0.2) is 16.1 Å². The van der Waals surface area contributed by atoms with Crippen LogP contribution in [0, 0.1) is 6.92 Å². The molecule has 2 aromatic carbocycles. The fraction of sp³-hybridized carbons (Fsp3) is 0.111. The molecule has 0 fully saturated rings. The largest absolute Gasteiger partial charge is 0.298 e. The summed E-state index contributed by atoms with van der Waals surface area (Å²) in [7, 11) is 0. The molecule has 3 rings (SSSR count). The molecule has 0 radical (unpaired) electrons. The number of rotatable bonds is 4. The summed E-state index contributed by atoms with van der Waals surface area (Å²) in [4.78, 5) is 11.3. The van der Waals surface area contributed by atoms with Crippen molar-refractivity contribution < 1.29 is 4.79 Å². The number of carbonyl (C=O) groups excluding carboxylic acids is 1. The zero-order chi connectivity index (χ0) is 14.7. The van der Waals surface area contributed by atoms with Gasteiger partial charge >= 0.3 is 0 Å². The van der Waals surface area contributed by atoms with Crippen LogP contribution in [0.2, 0.25) is 0 Å². The number of hydrogen-bond donors (Lipinski definition) is 0. The summed E-state index contributed by atoms with van der Waals surface area (Å²) in [5, 5.41) is 4.59. The quantitative estimate of drug-likeness (QED) is 0.683. The zero-order valence-corrected chi connectivity index (χ0v) is 11.9. The minimum Gasteiger partial charge on any atom is -0.298 e. The summed E-state index contributed by atoms with van der Waals surface area (Å²) in [6.07, 6.45) is 3.33. The zero-order valence-electron chi connectivity index (χ0n) is 11.9. The van der Waals surface area contributed by atoms with E-state index in [2.05, 4.69) is 5.10 Å². The summed E-state index contributed by atoms with van der Waals surface area (Å²) >= 11 is 0. The number of benzene rings is 2. The highest BCUT2D eigenvalue weighted by Gasteiger charge is 2.11. The predicted octanol–water partition coefficient (Wildman–Crippen LogP) is 3.58. The van der Waals surface area contributed by atoms with E-state index in [4.69, 9.17) is 0 Å². The first-order valence-electron chi connectivity index (χ1n) is 6.91. The van der Waals surface area contributed by atoms with Gasteiger partial charge in [0, 0.05) is 12.6 Å². The SMILES string of the molecule is Cc1ccccc1-n1cc(C=O)c(Cc2ccccc2)n1. The fourth-order valence-electron chi connectivity index (χ4n) is 2.39. The van der Waals surface area contributed by atoms with Crippen LogP contribution in [-0.2, 0) is 6.42 Å². The smallest absolute Gasteiger partial charge is 0.153 e. The molecule has 1 aromatic heterocycles. The third-order valence-corrected chi connectivity index (χ3v) is 3.53. The van der Waals surface area contributed by atoms with Gasteiger partial charge in [-0.05, 0) is 24.1 Å². The molecular formula is C18H16N2O. The van der Waals surface area contributed by atoms with Crippen LogP contribution >= 0.6 is 0 Å². The number of hydrogen-bond acceptors (Lipinski definition) is 2. The summed E-state index contributed by atoms with van der Waals surface area (Å²) < 4.78 is 1.79. The van der Waals surface area contributed by atoms with E-state index in [1.54, 1.807) is 10.9 Å². The Balaban J connectivity index is 1.99. The molecule has 104 valence electrons. The maximum Gasteiger partial charge on any atom is 0.153 e. The Morgan fingerprint density at radius 1 is 1.05 bits per heavy atom. The van der Waals surface area contributed by atoms with Crippen molar-refractivity contribution in [1.82, 2.24) is 9.78 Å². The Morgan fingerprint density at radius 3 is 2.48 bits per heavy atom. The summed E-state index contributed by atoms with van der Waals surface area (Å²) in [5.74, 6) is 0. The molecule has 0 bridgehead atoms. The van der Waals surface area contributed by atoms with Crippen LogP contribution in [0.3, 0.4) is 0 Å². The van der Waals surface area contributed by atoms with Crippen molar-refractivity contribution in [2.24, 2.45) is 0 Å². The van der Waals surface area contributed by atoms with Gasteiger partial charge in [0.25, 0.3) is 0 Å². The van der Waals surface area contributed by atoms with Gasteiger partial charge in [-0.1, -0.05) is 48.5 Å². The van der Waals surface area contributed by atoms with Gasteiger partial charge in [0.05, 0.1) is 16.9 Å². The first-order chi connectivity index (χ1) is 10.3. The number of aldehydes is 1. The molecule has 3 nitrogen and oxygen atoms in total. The van der Waals surface area contributed by atoms with Crippen molar-refractivity contribution >= 4 is 6.29 Å². The number of carbonyl (C=O) groups is 1. The molecule has 21 heavy (non-hydrogen) atoms. The Kier molecular flexibility index (Phi) is 3.65. The lowest BCUT2D eigenvalue weighted by Crippen LogP contribution is -1.99. The van der Waals surface area contributed by atoms with Crippen molar-refractivity contribution in [3.05, 3.63) is 83.2 Å². The summed E-state index contributed by atoms with van der Waals surface area (Å²) in [6, 6.07) is 18.1. The average molecular weight is 276 g/mol. The molecule has 0 N–H and O–H groups in total. The monoisotopic (exact) mass is 276 g/mol. The molecule has 0 saturated heterocycles. The van der Waals surface area contributed by atoms with E-state index < -0.39 is 0 Å². The van der Waals surface area contributed by atoms with Gasteiger partial charge in [-0.15, -0.1) is 0 Å². The Bertz CT molecular complexity index is 760. The second-order valence-electron chi connectivity index (χ2n) is 5.04. The molecule has 3 aromatic rings. The summed E-state index contributed by atoms with van der Waals surface area (Å²) in [5.41, 5.74) is 4.72. The molecule has 0 saturated carbocycles. The van der Waals surface area contributed by atoms with Gasteiger partial charge in [-0.2, -0.15) is 5.10 Å². The number of nitrogens with zero attached hydrogens (tertiary/aromatic N) is 2. The average Bonchev–Trinajstić information content (AvgIpc) is 2.91. The molecule has 0 spiro atoms. The Morgan fingerprint density at radius 2 is 1.76 bits per heavy atom. The van der Waals surface area contributed by atoms with Gasteiger partial charge in [0.2, 0.25) is 0 Å². The molecule has 0 aliphatic carbocycles. The van der Waals surface area contributed by atoms with E-state index in [-0.39, 0.29) is 0 Å². The molecular weight excluding hydrogens is 260 g/mol. The Labute approximate surface area is 123 Å². The van der Waals surface area contributed by atoms with Gasteiger partial charge in [0.15, 0.2) is 6.29 Å². The molecule has 0 aliphatic heterocycles. The normalized spacial score (nSPS) is 10.5. The van der Waals surface area contributed by atoms with E-state index in [1.165, 1.54) is 0 Å². The number of aryl methyl sites for hydroxylation is 1. The number of para-hydroxylation sites is 1. The Hall–Kier alpha value is -2.68.